The molecule has 1 amide bonds. The first-order chi connectivity index (χ1) is 17.6. The van der Waals surface area contributed by atoms with Crippen molar-refractivity contribution in [2.75, 3.05) is 65.6 Å². The summed E-state index contributed by atoms with van der Waals surface area (Å²) < 4.78 is 34.3. The summed E-state index contributed by atoms with van der Waals surface area (Å²) in [7, 11) is -1.21. The van der Waals surface area contributed by atoms with Crippen molar-refractivity contribution in [2.24, 2.45) is 0 Å². The maximum absolute atomic E-state index is 13.6. The number of fused-ring (bicyclic) bond motifs is 3. The third kappa shape index (κ3) is 4.64. The van der Waals surface area contributed by atoms with Crippen LogP contribution in [0.1, 0.15) is 41.4 Å². The molecule has 10 heteroatoms. The van der Waals surface area contributed by atoms with Crippen molar-refractivity contribution < 1.29 is 18.1 Å². The molecule has 0 bridgehead atoms. The van der Waals surface area contributed by atoms with Gasteiger partial charge in [-0.25, -0.2) is 4.39 Å². The molecule has 4 aliphatic heterocycles. The summed E-state index contributed by atoms with van der Waals surface area (Å²) in [5.41, 5.74) is 3.13. The van der Waals surface area contributed by atoms with Gasteiger partial charge in [-0.2, -0.15) is 5.10 Å². The number of morpholine rings is 1. The number of amides is 1. The lowest BCUT2D eigenvalue weighted by molar-refractivity contribution is 0.0297. The number of likely N-dealkylation sites (tertiary alicyclic amines) is 2. The molecule has 0 N–H and O–H groups in total. The van der Waals surface area contributed by atoms with Crippen LogP contribution in [0, 0.1) is 0 Å². The molecular weight excluding hydrogens is 481 g/mol. The zero-order valence-electron chi connectivity index (χ0n) is 20.6. The molecule has 0 spiro atoms. The highest BCUT2D eigenvalue weighted by molar-refractivity contribution is 7.84. The highest BCUT2D eigenvalue weighted by Gasteiger charge is 2.36. The Morgan fingerprint density at radius 2 is 1.83 bits per heavy atom. The third-order valence-electron chi connectivity index (χ3n) is 7.95. The fourth-order valence-electron chi connectivity index (χ4n) is 6.02. The average molecular weight is 516 g/mol. The summed E-state index contributed by atoms with van der Waals surface area (Å²) in [5, 5.41) is 4.97. The molecule has 6 rings (SSSR count). The van der Waals surface area contributed by atoms with Gasteiger partial charge in [-0.15, -0.1) is 0 Å². The summed E-state index contributed by atoms with van der Waals surface area (Å²) in [6.07, 6.45) is 1.98. The van der Waals surface area contributed by atoms with E-state index in [4.69, 9.17) is 9.84 Å². The van der Waals surface area contributed by atoms with Crippen LogP contribution in [0.4, 0.5) is 4.39 Å². The van der Waals surface area contributed by atoms with E-state index in [-0.39, 0.29) is 11.9 Å². The summed E-state index contributed by atoms with van der Waals surface area (Å²) in [4.78, 5) is 20.9. The Morgan fingerprint density at radius 3 is 2.61 bits per heavy atom. The van der Waals surface area contributed by atoms with Gasteiger partial charge in [-0.05, 0) is 31.9 Å². The number of benzene rings is 1. The molecule has 3 saturated heterocycles. The van der Waals surface area contributed by atoms with E-state index < -0.39 is 17.0 Å². The van der Waals surface area contributed by atoms with Crippen LogP contribution in [0.25, 0.3) is 11.3 Å². The molecule has 8 nitrogen and oxygen atoms in total. The van der Waals surface area contributed by atoms with Crippen molar-refractivity contribution in [3.8, 4) is 11.3 Å². The quantitative estimate of drug-likeness (QED) is 0.609. The highest BCUT2D eigenvalue weighted by Crippen LogP contribution is 2.40. The van der Waals surface area contributed by atoms with E-state index in [9.17, 15) is 13.4 Å². The second-order valence-electron chi connectivity index (χ2n) is 10.3. The fourth-order valence-corrected chi connectivity index (χ4v) is 7.35. The van der Waals surface area contributed by atoms with Crippen LogP contribution in [-0.2, 0) is 21.3 Å². The zero-order valence-corrected chi connectivity index (χ0v) is 21.4. The molecule has 4 aliphatic rings. The molecule has 5 heterocycles. The molecule has 36 heavy (non-hydrogen) atoms. The number of aromatic nitrogens is 2. The van der Waals surface area contributed by atoms with Crippen LogP contribution in [0.3, 0.4) is 0 Å². The van der Waals surface area contributed by atoms with Gasteiger partial charge in [0.2, 0.25) is 0 Å². The molecule has 0 aliphatic carbocycles. The first kappa shape index (κ1) is 24.2. The Hall–Kier alpha value is -2.14. The van der Waals surface area contributed by atoms with E-state index in [1.54, 1.807) is 4.90 Å². The lowest BCUT2D eigenvalue weighted by Gasteiger charge is -2.35. The Bertz CT molecular complexity index is 1150. The van der Waals surface area contributed by atoms with Gasteiger partial charge >= 0.3 is 0 Å². The van der Waals surface area contributed by atoms with Crippen molar-refractivity contribution >= 4 is 16.7 Å². The molecule has 2 unspecified atom stereocenters. The van der Waals surface area contributed by atoms with Crippen molar-refractivity contribution in [1.82, 2.24) is 24.5 Å². The number of halogens is 1. The van der Waals surface area contributed by atoms with E-state index in [0.717, 1.165) is 67.3 Å². The smallest absolute Gasteiger partial charge is 0.274 e. The molecule has 2 aromatic rings. The summed E-state index contributed by atoms with van der Waals surface area (Å²) in [5.74, 6) is 0.222. The van der Waals surface area contributed by atoms with Gasteiger partial charge in [0, 0.05) is 61.8 Å². The molecule has 0 saturated carbocycles. The van der Waals surface area contributed by atoms with Gasteiger partial charge < -0.3 is 9.64 Å². The SMILES string of the molecule is O=C(c1nn(C2CCCN(CCN3CC[C@@H](F)C3)C2)c2c1CS(=O)c1ccccc1-2)N1CCOCC1. The van der Waals surface area contributed by atoms with Crippen molar-refractivity contribution in [2.45, 2.75) is 42.1 Å². The maximum Gasteiger partial charge on any atom is 0.274 e. The average Bonchev–Trinajstić information content (AvgIpc) is 3.51. The molecule has 194 valence electrons. The summed E-state index contributed by atoms with van der Waals surface area (Å²) in [6, 6.07) is 7.95. The van der Waals surface area contributed by atoms with Crippen LogP contribution < -0.4 is 0 Å². The molecule has 3 fully saturated rings. The van der Waals surface area contributed by atoms with E-state index in [2.05, 4.69) is 14.5 Å². The fraction of sp³-hybridized carbons (Fsp3) is 0.615. The minimum atomic E-state index is -1.21. The first-order valence-electron chi connectivity index (χ1n) is 13.1. The van der Waals surface area contributed by atoms with Crippen LogP contribution in [0.2, 0.25) is 0 Å². The van der Waals surface area contributed by atoms with Crippen molar-refractivity contribution in [3.05, 3.63) is 35.5 Å². The van der Waals surface area contributed by atoms with E-state index in [0.29, 0.717) is 50.7 Å². The van der Waals surface area contributed by atoms with Crippen LogP contribution in [0.5, 0.6) is 0 Å². The Balaban J connectivity index is 1.31. The van der Waals surface area contributed by atoms with Gasteiger partial charge in [-0.1, -0.05) is 18.2 Å². The number of carbonyl (C=O) groups is 1. The number of ether oxygens (including phenoxy) is 1. The largest absolute Gasteiger partial charge is 0.378 e. The van der Waals surface area contributed by atoms with Gasteiger partial charge in [0.1, 0.15) is 6.17 Å². The molecule has 1 aromatic heterocycles. The number of piperidine rings is 1. The lowest BCUT2D eigenvalue weighted by Crippen LogP contribution is -2.42. The number of hydrogen-bond donors (Lipinski definition) is 0. The normalized spacial score (nSPS) is 27.1. The minimum Gasteiger partial charge on any atom is -0.378 e. The predicted octanol–water partition coefficient (Wildman–Crippen LogP) is 2.32. The maximum atomic E-state index is 13.6. The van der Waals surface area contributed by atoms with Crippen LogP contribution in [0.15, 0.2) is 29.2 Å². The second-order valence-corrected chi connectivity index (χ2v) is 11.7. The highest BCUT2D eigenvalue weighted by atomic mass is 32.2. The molecule has 0 radical (unpaired) electrons. The van der Waals surface area contributed by atoms with E-state index in [1.807, 2.05) is 24.3 Å². The standard InChI is InChI=1S/C26H34FN5O3S/c27-19-7-9-30(16-19)11-10-29-8-3-4-20(17-29)32-25-21-5-1-2-6-23(21)36(34)18-22(25)24(28-32)26(33)31-12-14-35-15-13-31/h1-2,5-6,19-20H,3-4,7-18H2/t19-,20?,36?/m1/s1. The Kier molecular flexibility index (Phi) is 6.94. The van der Waals surface area contributed by atoms with Gasteiger partial charge in [0.15, 0.2) is 5.69 Å². The number of hydrogen-bond acceptors (Lipinski definition) is 6. The number of rotatable bonds is 5. The predicted molar refractivity (Wildman–Crippen MR) is 135 cm³/mol. The Labute approximate surface area is 213 Å². The van der Waals surface area contributed by atoms with Crippen molar-refractivity contribution in [3.63, 3.8) is 0 Å². The van der Waals surface area contributed by atoms with Gasteiger partial charge in [0.25, 0.3) is 5.91 Å². The number of nitrogens with zero attached hydrogens (tertiary/aromatic N) is 5. The lowest BCUT2D eigenvalue weighted by atomic mass is 10.0. The van der Waals surface area contributed by atoms with Crippen LogP contribution >= 0.6 is 0 Å². The zero-order chi connectivity index (χ0) is 24.6. The monoisotopic (exact) mass is 515 g/mol. The van der Waals surface area contributed by atoms with Crippen molar-refractivity contribution in [1.29, 1.82) is 0 Å². The number of carbonyl (C=O) groups excluding carboxylic acids is 1. The first-order valence-corrected chi connectivity index (χ1v) is 14.5. The van der Waals surface area contributed by atoms with Gasteiger partial charge in [0.05, 0.1) is 41.5 Å². The van der Waals surface area contributed by atoms with E-state index >= 15 is 0 Å². The molecular formula is C26H34FN5O3S. The molecule has 3 atom stereocenters. The summed E-state index contributed by atoms with van der Waals surface area (Å²) >= 11 is 0. The Morgan fingerprint density at radius 1 is 1.06 bits per heavy atom. The topological polar surface area (TPSA) is 70.9 Å². The van der Waals surface area contributed by atoms with Gasteiger partial charge in [-0.3, -0.25) is 23.5 Å². The second kappa shape index (κ2) is 10.3. The minimum absolute atomic E-state index is 0.0906. The molecule has 1 aromatic carbocycles. The number of alkyl halides is 1. The van der Waals surface area contributed by atoms with Crippen LogP contribution in [-0.4, -0.2) is 106 Å². The van der Waals surface area contributed by atoms with E-state index in [1.165, 1.54) is 0 Å². The summed E-state index contributed by atoms with van der Waals surface area (Å²) in [6.45, 7) is 7.20. The third-order valence-corrected chi connectivity index (χ3v) is 9.34.